The van der Waals surface area contributed by atoms with Gasteiger partial charge in [-0.2, -0.15) is 0 Å². The van der Waals surface area contributed by atoms with Gasteiger partial charge in [0, 0.05) is 28.3 Å². The van der Waals surface area contributed by atoms with Crippen LogP contribution < -0.4 is 42.5 Å². The Morgan fingerprint density at radius 1 is 0.326 bits per heavy atom. The van der Waals surface area contributed by atoms with E-state index in [1.54, 1.807) is 0 Å². The molecule has 9 rings (SSSR count). The molecule has 43 heavy (non-hydrogen) atoms. The van der Waals surface area contributed by atoms with Gasteiger partial charge in [0.2, 0.25) is 0 Å². The smallest absolute Gasteiger partial charge is 0.0858 e. The molecule has 0 amide bonds. The topological polar surface area (TPSA) is 137 Å². The maximum atomic E-state index is 11.4. The summed E-state index contributed by atoms with van der Waals surface area (Å²) >= 11 is 0. The molecule has 4 saturated carbocycles. The zero-order chi connectivity index (χ0) is 27.9. The zero-order valence-corrected chi connectivity index (χ0v) is 27.0. The van der Waals surface area contributed by atoms with E-state index in [0.29, 0.717) is 72.5 Å². The van der Waals surface area contributed by atoms with Crippen molar-refractivity contribution in [1.29, 1.82) is 0 Å². The van der Waals surface area contributed by atoms with Crippen LogP contribution in [0.4, 0.5) is 0 Å². The summed E-state index contributed by atoms with van der Waals surface area (Å²) in [6.07, 6.45) is 17.9. The second-order valence-corrected chi connectivity index (χ2v) is 15.9. The van der Waals surface area contributed by atoms with Crippen molar-refractivity contribution in [2.45, 2.75) is 151 Å². The van der Waals surface area contributed by atoms with Gasteiger partial charge in [-0.3, -0.25) is 42.5 Å². The average molecular weight is 693 g/mol. The van der Waals surface area contributed by atoms with Gasteiger partial charge in [-0.1, -0.05) is 38.5 Å². The van der Waals surface area contributed by atoms with Gasteiger partial charge in [-0.15, -0.1) is 0 Å². The van der Waals surface area contributed by atoms with Crippen molar-refractivity contribution >= 4 is 0 Å². The second kappa shape index (κ2) is 12.4. The molecule has 247 valence electrons. The minimum absolute atomic E-state index is 0. The largest absolute Gasteiger partial charge is 0.390 e. The molecular formula is C32H56AgN8O2. The summed E-state index contributed by atoms with van der Waals surface area (Å²) in [4.78, 5) is 0. The standard InChI is InChI=1S/C32H56N8O2.Ag/c41-22-14-13-21-23(24(22)42)32-39-30-20-12-6-5-11-19(20)28(37-30)35-26-16-8-2-1-7-15(16)25(33-26)34-27-17-9-3-4-10-18(17)29(36-27)38-31(21)40-32;/h15-42H,1-14H2;. The fourth-order valence-corrected chi connectivity index (χ4v) is 12.0. The van der Waals surface area contributed by atoms with Crippen LogP contribution in [0.5, 0.6) is 0 Å². The summed E-state index contributed by atoms with van der Waals surface area (Å²) in [5.74, 6) is 4.14. The number of aliphatic hydroxyl groups is 2. The quantitative estimate of drug-likeness (QED) is 0.164. The van der Waals surface area contributed by atoms with Crippen molar-refractivity contribution < 1.29 is 32.6 Å². The maximum absolute atomic E-state index is 11.4. The van der Waals surface area contributed by atoms with E-state index < -0.39 is 12.2 Å². The Morgan fingerprint density at radius 2 is 0.605 bits per heavy atom. The van der Waals surface area contributed by atoms with Crippen LogP contribution in [-0.4, -0.2) is 71.7 Å². The van der Waals surface area contributed by atoms with Crippen LogP contribution in [0.15, 0.2) is 0 Å². The average Bonchev–Trinajstić information content (AvgIpc) is 3.74. The molecule has 4 aliphatic carbocycles. The summed E-state index contributed by atoms with van der Waals surface area (Å²) in [6, 6.07) is 0. The van der Waals surface area contributed by atoms with Crippen LogP contribution in [0.2, 0.25) is 0 Å². The molecule has 18 atom stereocenters. The van der Waals surface area contributed by atoms with Crippen molar-refractivity contribution in [1.82, 2.24) is 42.5 Å². The van der Waals surface area contributed by atoms with Crippen molar-refractivity contribution in [3.63, 3.8) is 0 Å². The number of rotatable bonds is 0. The number of aliphatic hydroxyl groups excluding tert-OH is 2. The predicted octanol–water partition coefficient (Wildman–Crippen LogP) is 0.545. The Morgan fingerprint density at radius 3 is 0.930 bits per heavy atom. The Balaban J connectivity index is 0.00000278. The maximum Gasteiger partial charge on any atom is 0.0858 e. The van der Waals surface area contributed by atoms with Crippen LogP contribution in [-0.2, 0) is 22.4 Å². The van der Waals surface area contributed by atoms with Gasteiger partial charge in [-0.25, -0.2) is 0 Å². The molecule has 0 aromatic carbocycles. The van der Waals surface area contributed by atoms with Crippen LogP contribution in [0.25, 0.3) is 0 Å². The fraction of sp³-hybridized carbons (Fsp3) is 1.00. The third kappa shape index (κ3) is 5.27. The monoisotopic (exact) mass is 691 g/mol. The van der Waals surface area contributed by atoms with Gasteiger partial charge in [0.25, 0.3) is 0 Å². The molecule has 0 spiro atoms. The summed E-state index contributed by atoms with van der Waals surface area (Å²) < 4.78 is 0. The van der Waals surface area contributed by atoms with Gasteiger partial charge in [0.15, 0.2) is 0 Å². The predicted molar refractivity (Wildman–Crippen MR) is 160 cm³/mol. The zero-order valence-electron chi connectivity index (χ0n) is 25.5. The first-order chi connectivity index (χ1) is 20.6. The summed E-state index contributed by atoms with van der Waals surface area (Å²) in [7, 11) is 0. The first-order valence-corrected chi connectivity index (χ1v) is 18.1. The molecule has 9 fully saturated rings. The van der Waals surface area contributed by atoms with E-state index in [0.717, 1.165) is 6.42 Å². The number of hydrogen-bond donors (Lipinski definition) is 10. The molecule has 18 unspecified atom stereocenters. The number of nitrogens with one attached hydrogen (secondary N) is 8. The van der Waals surface area contributed by atoms with Crippen molar-refractivity contribution in [3.8, 4) is 0 Å². The molecular weight excluding hydrogens is 636 g/mol. The minimum Gasteiger partial charge on any atom is -0.390 e. The third-order valence-electron chi connectivity index (χ3n) is 14.0. The van der Waals surface area contributed by atoms with Crippen molar-refractivity contribution in [3.05, 3.63) is 0 Å². The number of hydrogen-bond acceptors (Lipinski definition) is 10. The molecule has 8 bridgehead atoms. The van der Waals surface area contributed by atoms with E-state index in [1.807, 2.05) is 0 Å². The Hall–Kier alpha value is 0.340. The first-order valence-electron chi connectivity index (χ1n) is 18.1. The second-order valence-electron chi connectivity index (χ2n) is 15.9. The summed E-state index contributed by atoms with van der Waals surface area (Å²) in [5, 5.41) is 54.9. The molecule has 0 aromatic heterocycles. The molecule has 9 aliphatic rings. The van der Waals surface area contributed by atoms with E-state index in [9.17, 15) is 10.2 Å². The summed E-state index contributed by atoms with van der Waals surface area (Å²) in [6.45, 7) is 0. The summed E-state index contributed by atoms with van der Waals surface area (Å²) in [5.41, 5.74) is 0. The molecule has 10 N–H and O–H groups in total. The van der Waals surface area contributed by atoms with E-state index in [-0.39, 0.29) is 53.0 Å². The molecule has 10 nitrogen and oxygen atoms in total. The van der Waals surface area contributed by atoms with Crippen molar-refractivity contribution in [2.24, 2.45) is 47.3 Å². The third-order valence-corrected chi connectivity index (χ3v) is 14.0. The van der Waals surface area contributed by atoms with Gasteiger partial charge in [0.1, 0.15) is 0 Å². The van der Waals surface area contributed by atoms with E-state index >= 15 is 0 Å². The SMILES string of the molecule is OC1CCC2C3NC4NC(NC5NC(NC6NC(NC(N3)C2C1O)C1CCCCC61)C1CCCCC51)C1CCCCC41.[Ag]. The van der Waals surface area contributed by atoms with E-state index in [4.69, 9.17) is 0 Å². The van der Waals surface area contributed by atoms with Crippen LogP contribution in [0.3, 0.4) is 0 Å². The molecule has 1 radical (unpaired) electrons. The Labute approximate surface area is 273 Å². The molecule has 5 aliphatic heterocycles. The molecule has 11 heteroatoms. The van der Waals surface area contributed by atoms with Crippen LogP contribution >= 0.6 is 0 Å². The Kier molecular flexibility index (Phi) is 8.85. The normalized spacial score (nSPS) is 57.6. The fourth-order valence-electron chi connectivity index (χ4n) is 12.0. The van der Waals surface area contributed by atoms with E-state index in [1.165, 1.54) is 77.0 Å². The van der Waals surface area contributed by atoms with Crippen molar-refractivity contribution in [2.75, 3.05) is 0 Å². The van der Waals surface area contributed by atoms with Crippen LogP contribution in [0, 0.1) is 47.3 Å². The minimum atomic E-state index is -0.698. The molecule has 5 saturated heterocycles. The van der Waals surface area contributed by atoms with E-state index in [2.05, 4.69) is 42.5 Å². The molecule has 0 aromatic rings. The first kappa shape index (κ1) is 30.7. The molecule has 5 heterocycles. The Bertz CT molecular complexity index is 995. The van der Waals surface area contributed by atoms with Gasteiger partial charge >= 0.3 is 0 Å². The number of fused-ring (bicyclic) bond motifs is 20. The van der Waals surface area contributed by atoms with Gasteiger partial charge in [0.05, 0.1) is 61.5 Å². The van der Waals surface area contributed by atoms with Gasteiger partial charge in [-0.05, 0) is 92.8 Å². The van der Waals surface area contributed by atoms with Gasteiger partial charge < -0.3 is 10.2 Å². The van der Waals surface area contributed by atoms with Crippen LogP contribution in [0.1, 0.15) is 89.9 Å².